The molecule has 1 N–H and O–H groups in total. The van der Waals surface area contributed by atoms with Gasteiger partial charge in [0, 0.05) is 32.8 Å². The quantitative estimate of drug-likeness (QED) is 0.775. The Morgan fingerprint density at radius 3 is 2.50 bits per heavy atom. The maximum absolute atomic E-state index is 10.9. The maximum Gasteiger partial charge on any atom is 0.305 e. The van der Waals surface area contributed by atoms with Gasteiger partial charge in [0.1, 0.15) is 0 Å². The van der Waals surface area contributed by atoms with Gasteiger partial charge in [-0.05, 0) is 37.3 Å². The highest BCUT2D eigenvalue weighted by molar-refractivity contribution is 9.10. The number of aryl methyl sites for hydroxylation is 2. The van der Waals surface area contributed by atoms with Crippen LogP contribution in [-0.2, 0) is 11.3 Å². The van der Waals surface area contributed by atoms with E-state index < -0.39 is 5.97 Å². The van der Waals surface area contributed by atoms with Gasteiger partial charge in [-0.1, -0.05) is 27.6 Å². The summed E-state index contributed by atoms with van der Waals surface area (Å²) in [5.74, 6) is -0.774. The number of nitrogens with zero attached hydrogens (tertiary/aromatic N) is 1. The summed E-state index contributed by atoms with van der Waals surface area (Å²) in [5, 5.41) is 11.3. The van der Waals surface area contributed by atoms with Crippen LogP contribution in [0.1, 0.15) is 12.0 Å². The van der Waals surface area contributed by atoms with Crippen molar-refractivity contribution >= 4 is 43.7 Å². The Kier molecular flexibility index (Phi) is 3.26. The van der Waals surface area contributed by atoms with Crippen molar-refractivity contribution in [1.82, 2.24) is 4.57 Å². The summed E-state index contributed by atoms with van der Waals surface area (Å²) in [5.41, 5.74) is 3.37. The van der Waals surface area contributed by atoms with Crippen molar-refractivity contribution < 1.29 is 9.90 Å². The lowest BCUT2D eigenvalue weighted by Gasteiger charge is -2.05. The largest absolute Gasteiger partial charge is 0.481 e. The smallest absolute Gasteiger partial charge is 0.305 e. The van der Waals surface area contributed by atoms with Gasteiger partial charge in [0.15, 0.2) is 0 Å². The second-order valence-electron chi connectivity index (χ2n) is 4.98. The normalized spacial score (nSPS) is 11.3. The maximum atomic E-state index is 10.9. The van der Waals surface area contributed by atoms with E-state index >= 15 is 0 Å². The van der Waals surface area contributed by atoms with Gasteiger partial charge in [-0.15, -0.1) is 0 Å². The fraction of sp³-hybridized carbons (Fsp3) is 0.188. The van der Waals surface area contributed by atoms with Gasteiger partial charge in [0.05, 0.1) is 6.42 Å². The van der Waals surface area contributed by atoms with Crippen LogP contribution in [0.4, 0.5) is 0 Å². The molecule has 0 bridgehead atoms. The fourth-order valence-corrected chi connectivity index (χ4v) is 3.00. The SMILES string of the molecule is Cc1ccc2c(c1)c1cc(Br)ccc1n2CCC(=O)O. The topological polar surface area (TPSA) is 42.2 Å². The van der Waals surface area contributed by atoms with Gasteiger partial charge in [-0.25, -0.2) is 0 Å². The van der Waals surface area contributed by atoms with Crippen molar-refractivity contribution in [2.75, 3.05) is 0 Å². The standard InChI is InChI=1S/C16H14BrNO2/c1-10-2-4-14-12(8-10)13-9-11(17)3-5-15(13)18(14)7-6-16(19)20/h2-5,8-9H,6-7H2,1H3,(H,19,20). The predicted molar refractivity (Wildman–Crippen MR) is 84.1 cm³/mol. The zero-order valence-corrected chi connectivity index (χ0v) is 12.6. The lowest BCUT2D eigenvalue weighted by Crippen LogP contribution is -2.04. The number of halogens is 1. The summed E-state index contributed by atoms with van der Waals surface area (Å²) in [4.78, 5) is 10.9. The number of hydrogen-bond acceptors (Lipinski definition) is 1. The van der Waals surface area contributed by atoms with Gasteiger partial charge in [0.2, 0.25) is 0 Å². The molecule has 0 fully saturated rings. The molecule has 20 heavy (non-hydrogen) atoms. The number of fused-ring (bicyclic) bond motifs is 3. The number of carboxylic acid groups (broad SMARTS) is 1. The van der Waals surface area contributed by atoms with Crippen LogP contribution < -0.4 is 0 Å². The van der Waals surface area contributed by atoms with Crippen LogP contribution in [0, 0.1) is 6.92 Å². The minimum Gasteiger partial charge on any atom is -0.481 e. The number of aliphatic carboxylic acids is 1. The summed E-state index contributed by atoms with van der Waals surface area (Å²) >= 11 is 3.50. The van der Waals surface area contributed by atoms with E-state index in [0.29, 0.717) is 6.54 Å². The molecule has 1 heterocycles. The summed E-state index contributed by atoms with van der Waals surface area (Å²) in [6.45, 7) is 2.55. The molecule has 0 unspecified atom stereocenters. The third-order valence-electron chi connectivity index (χ3n) is 3.53. The summed E-state index contributed by atoms with van der Waals surface area (Å²) in [6.07, 6.45) is 0.128. The van der Waals surface area contributed by atoms with E-state index in [1.165, 1.54) is 10.9 Å². The lowest BCUT2D eigenvalue weighted by atomic mass is 10.1. The van der Waals surface area contributed by atoms with Crippen molar-refractivity contribution in [2.45, 2.75) is 19.9 Å². The lowest BCUT2D eigenvalue weighted by molar-refractivity contribution is -0.137. The first-order chi connectivity index (χ1) is 9.56. The Morgan fingerprint density at radius 1 is 1.15 bits per heavy atom. The number of aromatic nitrogens is 1. The van der Waals surface area contributed by atoms with Crippen LogP contribution in [0.5, 0.6) is 0 Å². The van der Waals surface area contributed by atoms with Crippen molar-refractivity contribution in [3.8, 4) is 0 Å². The Bertz CT molecular complexity index is 761. The third-order valence-corrected chi connectivity index (χ3v) is 4.02. The van der Waals surface area contributed by atoms with E-state index in [9.17, 15) is 4.79 Å². The van der Waals surface area contributed by atoms with E-state index in [1.54, 1.807) is 0 Å². The van der Waals surface area contributed by atoms with Crippen molar-refractivity contribution in [1.29, 1.82) is 0 Å². The van der Waals surface area contributed by atoms with Crippen LogP contribution >= 0.6 is 15.9 Å². The molecule has 3 rings (SSSR count). The van der Waals surface area contributed by atoms with Crippen LogP contribution in [0.3, 0.4) is 0 Å². The Balaban J connectivity index is 2.31. The van der Waals surface area contributed by atoms with Gasteiger partial charge in [0.25, 0.3) is 0 Å². The first kappa shape index (κ1) is 13.2. The molecule has 0 aliphatic carbocycles. The molecule has 102 valence electrons. The summed E-state index contributed by atoms with van der Waals surface area (Å²) in [6, 6.07) is 12.4. The summed E-state index contributed by atoms with van der Waals surface area (Å²) in [7, 11) is 0. The number of benzene rings is 2. The number of carboxylic acids is 1. The van der Waals surface area contributed by atoms with Crippen molar-refractivity contribution in [2.24, 2.45) is 0 Å². The number of hydrogen-bond donors (Lipinski definition) is 1. The molecule has 3 aromatic rings. The fourth-order valence-electron chi connectivity index (χ4n) is 2.64. The van der Waals surface area contributed by atoms with Crippen molar-refractivity contribution in [3.05, 3.63) is 46.4 Å². The molecule has 0 aliphatic rings. The molecular weight excluding hydrogens is 318 g/mol. The Hall–Kier alpha value is -1.81. The Morgan fingerprint density at radius 2 is 1.80 bits per heavy atom. The van der Waals surface area contributed by atoms with Crippen LogP contribution in [0.2, 0.25) is 0 Å². The van der Waals surface area contributed by atoms with Crippen LogP contribution in [0.25, 0.3) is 21.8 Å². The van der Waals surface area contributed by atoms with E-state index in [1.807, 2.05) is 12.1 Å². The minimum atomic E-state index is -0.774. The molecule has 0 saturated heterocycles. The molecule has 0 spiro atoms. The zero-order chi connectivity index (χ0) is 14.3. The number of rotatable bonds is 3. The third kappa shape index (κ3) is 2.20. The highest BCUT2D eigenvalue weighted by atomic mass is 79.9. The Labute approximate surface area is 124 Å². The van der Waals surface area contributed by atoms with E-state index in [0.717, 1.165) is 20.9 Å². The van der Waals surface area contributed by atoms with Crippen LogP contribution in [-0.4, -0.2) is 15.6 Å². The van der Waals surface area contributed by atoms with Gasteiger partial charge in [-0.2, -0.15) is 0 Å². The molecular formula is C16H14BrNO2. The average molecular weight is 332 g/mol. The second kappa shape index (κ2) is 4.94. The van der Waals surface area contributed by atoms with Gasteiger partial charge in [-0.3, -0.25) is 4.79 Å². The van der Waals surface area contributed by atoms with E-state index in [-0.39, 0.29) is 6.42 Å². The van der Waals surface area contributed by atoms with Gasteiger partial charge >= 0.3 is 5.97 Å². The molecule has 2 aromatic carbocycles. The predicted octanol–water partition coefficient (Wildman–Crippen LogP) is 4.34. The van der Waals surface area contributed by atoms with E-state index in [4.69, 9.17) is 5.11 Å². The first-order valence-corrected chi connectivity index (χ1v) is 7.25. The monoisotopic (exact) mass is 331 g/mol. The second-order valence-corrected chi connectivity index (χ2v) is 5.89. The molecule has 0 radical (unpaired) electrons. The average Bonchev–Trinajstić information content (AvgIpc) is 2.69. The van der Waals surface area contributed by atoms with Crippen LogP contribution in [0.15, 0.2) is 40.9 Å². The molecule has 4 heteroatoms. The van der Waals surface area contributed by atoms with Crippen molar-refractivity contribution in [3.63, 3.8) is 0 Å². The highest BCUT2D eigenvalue weighted by Gasteiger charge is 2.11. The van der Waals surface area contributed by atoms with E-state index in [2.05, 4.69) is 51.7 Å². The molecule has 0 amide bonds. The summed E-state index contributed by atoms with van der Waals surface area (Å²) < 4.78 is 3.12. The molecule has 1 aromatic heterocycles. The van der Waals surface area contributed by atoms with Gasteiger partial charge < -0.3 is 9.67 Å². The molecule has 0 atom stereocenters. The first-order valence-electron chi connectivity index (χ1n) is 6.46. The molecule has 3 nitrogen and oxygen atoms in total. The molecule has 0 aliphatic heterocycles. The number of carbonyl (C=O) groups is 1. The minimum absolute atomic E-state index is 0.128. The highest BCUT2D eigenvalue weighted by Crippen LogP contribution is 2.32. The molecule has 0 saturated carbocycles. The zero-order valence-electron chi connectivity index (χ0n) is 11.1.